The van der Waals surface area contributed by atoms with Crippen LogP contribution in [-0.4, -0.2) is 36.9 Å². The minimum atomic E-state index is -0.899. The Bertz CT molecular complexity index is 806. The van der Waals surface area contributed by atoms with Gasteiger partial charge in [-0.05, 0) is 26.2 Å². The number of carbonyl (C=O) groups excluding carboxylic acids is 1. The van der Waals surface area contributed by atoms with Gasteiger partial charge in [-0.15, -0.1) is 0 Å². The van der Waals surface area contributed by atoms with Crippen molar-refractivity contribution in [3.8, 4) is 5.75 Å². The van der Waals surface area contributed by atoms with Crippen molar-refractivity contribution in [1.29, 1.82) is 0 Å². The van der Waals surface area contributed by atoms with E-state index in [2.05, 4.69) is 0 Å². The second kappa shape index (κ2) is 4.95. The monoisotopic (exact) mass is 301 g/mol. The van der Waals surface area contributed by atoms with Crippen LogP contribution in [0.2, 0.25) is 0 Å². The van der Waals surface area contributed by atoms with Crippen LogP contribution >= 0.6 is 0 Å². The number of likely N-dealkylation sites (N-methyl/N-ethyl adjacent to an activating group) is 1. The van der Waals surface area contributed by atoms with Gasteiger partial charge in [-0.3, -0.25) is 4.79 Å². The Kier molecular flexibility index (Phi) is 3.33. The van der Waals surface area contributed by atoms with Crippen LogP contribution < -0.4 is 10.4 Å². The van der Waals surface area contributed by atoms with Gasteiger partial charge in [0, 0.05) is 30.0 Å². The van der Waals surface area contributed by atoms with Crippen LogP contribution in [0.5, 0.6) is 5.75 Å². The maximum Gasteiger partial charge on any atom is 0.336 e. The lowest BCUT2D eigenvalue weighted by Crippen LogP contribution is -2.52. The number of Topliss-reactive ketones (excluding diaryl/α,β-unsaturated/α-hetero) is 1. The van der Waals surface area contributed by atoms with Crippen LogP contribution in [-0.2, 0) is 0 Å². The second-order valence-corrected chi connectivity index (χ2v) is 6.35. The molecule has 0 saturated heterocycles. The van der Waals surface area contributed by atoms with Gasteiger partial charge in [0.05, 0.1) is 5.56 Å². The summed E-state index contributed by atoms with van der Waals surface area (Å²) in [7, 11) is 3.83. The maximum absolute atomic E-state index is 13.0. The Balaban J connectivity index is 2.16. The summed E-state index contributed by atoms with van der Waals surface area (Å²) < 4.78 is 11.2. The molecule has 2 heterocycles. The van der Waals surface area contributed by atoms with Crippen molar-refractivity contribution in [1.82, 2.24) is 4.90 Å². The number of benzene rings is 1. The molecule has 1 aliphatic heterocycles. The molecule has 0 amide bonds. The molecule has 1 unspecified atom stereocenters. The molecule has 0 aliphatic carbocycles. The van der Waals surface area contributed by atoms with Gasteiger partial charge in [-0.25, -0.2) is 4.79 Å². The van der Waals surface area contributed by atoms with Gasteiger partial charge in [0.25, 0.3) is 0 Å². The Labute approximate surface area is 128 Å². The minimum Gasteiger partial charge on any atom is -0.477 e. The highest BCUT2D eigenvalue weighted by Gasteiger charge is 2.50. The smallest absolute Gasteiger partial charge is 0.336 e. The highest BCUT2D eigenvalue weighted by atomic mass is 16.5. The Morgan fingerprint density at radius 2 is 1.91 bits per heavy atom. The molecule has 3 rings (SSSR count). The quantitative estimate of drug-likeness (QED) is 0.814. The van der Waals surface area contributed by atoms with E-state index in [1.54, 1.807) is 18.2 Å². The molecule has 5 heteroatoms. The number of ether oxygens (including phenoxy) is 1. The number of ketones is 1. The van der Waals surface area contributed by atoms with E-state index in [0.717, 1.165) is 5.39 Å². The molecular weight excluding hydrogens is 282 g/mol. The van der Waals surface area contributed by atoms with E-state index in [0.29, 0.717) is 23.4 Å². The molecule has 1 aromatic heterocycles. The van der Waals surface area contributed by atoms with Gasteiger partial charge in [-0.2, -0.15) is 0 Å². The summed E-state index contributed by atoms with van der Waals surface area (Å²) in [4.78, 5) is 26.3. The van der Waals surface area contributed by atoms with Crippen LogP contribution in [0.15, 0.2) is 33.5 Å². The predicted octanol–water partition coefficient (Wildman–Crippen LogP) is 2.32. The zero-order valence-corrected chi connectivity index (χ0v) is 13.2. The van der Waals surface area contributed by atoms with Crippen LogP contribution in [0.4, 0.5) is 0 Å². The standard InChI is InChI=1S/C17H19NO4/c1-10(2)17(9-18(3)4)16(20)12-7-11-5-6-15(19)21-13(11)8-14(12)22-17/h5-8,10H,9H2,1-4H3. The maximum atomic E-state index is 13.0. The molecule has 0 spiro atoms. The second-order valence-electron chi connectivity index (χ2n) is 6.35. The minimum absolute atomic E-state index is 0.0145. The lowest BCUT2D eigenvalue weighted by Gasteiger charge is -2.33. The zero-order chi connectivity index (χ0) is 16.1. The SMILES string of the molecule is CC(C)C1(CN(C)C)Oc2cc3oc(=O)ccc3cc2C1=O. The fourth-order valence-corrected chi connectivity index (χ4v) is 2.97. The largest absolute Gasteiger partial charge is 0.477 e. The fraction of sp³-hybridized carbons (Fsp3) is 0.412. The van der Waals surface area contributed by atoms with Crippen molar-refractivity contribution in [3.05, 3.63) is 40.2 Å². The summed E-state index contributed by atoms with van der Waals surface area (Å²) in [6, 6.07) is 6.40. The predicted molar refractivity (Wildman–Crippen MR) is 83.6 cm³/mol. The Morgan fingerprint density at radius 3 is 2.55 bits per heavy atom. The third-order valence-electron chi connectivity index (χ3n) is 4.13. The van der Waals surface area contributed by atoms with E-state index in [9.17, 15) is 9.59 Å². The van der Waals surface area contributed by atoms with Crippen molar-refractivity contribution in [2.24, 2.45) is 5.92 Å². The van der Waals surface area contributed by atoms with Crippen molar-refractivity contribution in [3.63, 3.8) is 0 Å². The van der Waals surface area contributed by atoms with Gasteiger partial charge in [0.2, 0.25) is 5.78 Å². The molecule has 116 valence electrons. The molecule has 1 aliphatic rings. The molecule has 1 aromatic carbocycles. The Morgan fingerprint density at radius 1 is 1.18 bits per heavy atom. The van der Waals surface area contributed by atoms with Crippen LogP contribution in [0.3, 0.4) is 0 Å². The van der Waals surface area contributed by atoms with Crippen LogP contribution in [0, 0.1) is 5.92 Å². The first kappa shape index (κ1) is 14.8. The number of carbonyl (C=O) groups is 1. The third-order valence-corrected chi connectivity index (χ3v) is 4.13. The van der Waals surface area contributed by atoms with Crippen LogP contribution in [0.1, 0.15) is 24.2 Å². The molecule has 0 bridgehead atoms. The van der Waals surface area contributed by atoms with Crippen molar-refractivity contribution < 1.29 is 13.9 Å². The number of hydrogen-bond donors (Lipinski definition) is 0. The lowest BCUT2D eigenvalue weighted by molar-refractivity contribution is 0.0209. The molecule has 2 aromatic rings. The van der Waals surface area contributed by atoms with E-state index in [1.165, 1.54) is 6.07 Å². The molecule has 5 nitrogen and oxygen atoms in total. The molecule has 22 heavy (non-hydrogen) atoms. The topological polar surface area (TPSA) is 59.8 Å². The molecule has 0 saturated carbocycles. The first-order valence-electron chi connectivity index (χ1n) is 7.30. The summed E-state index contributed by atoms with van der Waals surface area (Å²) in [5, 5.41) is 0.722. The molecule has 0 fully saturated rings. The van der Waals surface area contributed by atoms with Gasteiger partial charge >= 0.3 is 5.63 Å². The average Bonchev–Trinajstić information content (AvgIpc) is 2.69. The number of rotatable bonds is 3. The zero-order valence-electron chi connectivity index (χ0n) is 13.2. The summed E-state index contributed by atoms with van der Waals surface area (Å²) in [5.41, 5.74) is -0.329. The Hall–Kier alpha value is -2.14. The fourth-order valence-electron chi connectivity index (χ4n) is 2.97. The highest BCUT2D eigenvalue weighted by molar-refractivity contribution is 6.10. The van der Waals surface area contributed by atoms with Gasteiger partial charge in [0.15, 0.2) is 5.60 Å². The van der Waals surface area contributed by atoms with Gasteiger partial charge in [-0.1, -0.05) is 13.8 Å². The van der Waals surface area contributed by atoms with E-state index in [4.69, 9.17) is 9.15 Å². The van der Waals surface area contributed by atoms with E-state index in [-0.39, 0.29) is 11.7 Å². The summed E-state index contributed by atoms with van der Waals surface area (Å²) in [6.45, 7) is 4.46. The van der Waals surface area contributed by atoms with Crippen molar-refractivity contribution in [2.75, 3.05) is 20.6 Å². The number of nitrogens with zero attached hydrogens (tertiary/aromatic N) is 1. The lowest BCUT2D eigenvalue weighted by atomic mass is 9.84. The third kappa shape index (κ3) is 2.13. The summed E-state index contributed by atoms with van der Waals surface area (Å²) in [5.74, 6) is 0.492. The van der Waals surface area contributed by atoms with Crippen LogP contribution in [0.25, 0.3) is 11.0 Å². The summed E-state index contributed by atoms with van der Waals surface area (Å²) in [6.07, 6.45) is 0. The first-order valence-corrected chi connectivity index (χ1v) is 7.30. The number of hydrogen-bond acceptors (Lipinski definition) is 5. The molecule has 0 N–H and O–H groups in total. The molecule has 1 atom stereocenters. The van der Waals surface area contributed by atoms with Crippen molar-refractivity contribution in [2.45, 2.75) is 19.4 Å². The molecule has 0 radical (unpaired) electrons. The number of fused-ring (bicyclic) bond motifs is 2. The normalized spacial score (nSPS) is 20.7. The first-order chi connectivity index (χ1) is 10.3. The summed E-state index contributed by atoms with van der Waals surface area (Å²) >= 11 is 0. The average molecular weight is 301 g/mol. The van der Waals surface area contributed by atoms with Gasteiger partial charge < -0.3 is 14.1 Å². The van der Waals surface area contributed by atoms with E-state index >= 15 is 0 Å². The van der Waals surface area contributed by atoms with Crippen molar-refractivity contribution >= 4 is 16.8 Å². The van der Waals surface area contributed by atoms with E-state index in [1.807, 2.05) is 32.8 Å². The molecular formula is C17H19NO4. The highest BCUT2D eigenvalue weighted by Crippen LogP contribution is 2.41. The van der Waals surface area contributed by atoms with Gasteiger partial charge in [0.1, 0.15) is 11.3 Å². The van der Waals surface area contributed by atoms with E-state index < -0.39 is 11.2 Å².